The van der Waals surface area contributed by atoms with Crippen molar-refractivity contribution in [2.75, 3.05) is 31.7 Å². The summed E-state index contributed by atoms with van der Waals surface area (Å²) in [6.07, 6.45) is 3.00. The minimum atomic E-state index is 0.512. The zero-order valence-electron chi connectivity index (χ0n) is 12.6. The summed E-state index contributed by atoms with van der Waals surface area (Å²) in [6, 6.07) is 4.66. The molecule has 0 amide bonds. The van der Waals surface area contributed by atoms with Crippen LogP contribution in [0.15, 0.2) is 18.3 Å². The second-order valence-corrected chi connectivity index (χ2v) is 4.70. The van der Waals surface area contributed by atoms with E-state index in [1.807, 2.05) is 12.3 Å². The molecule has 1 rings (SSSR count). The van der Waals surface area contributed by atoms with Crippen molar-refractivity contribution < 1.29 is 4.74 Å². The quantitative estimate of drug-likeness (QED) is 0.696. The summed E-state index contributed by atoms with van der Waals surface area (Å²) in [5.74, 6) is 1.10. The first-order chi connectivity index (χ1) is 9.24. The Balaban J connectivity index is 2.76. The van der Waals surface area contributed by atoms with E-state index in [0.29, 0.717) is 6.04 Å². The highest BCUT2D eigenvalue weighted by molar-refractivity contribution is 5.47. The summed E-state index contributed by atoms with van der Waals surface area (Å²) >= 11 is 0. The fourth-order valence-electron chi connectivity index (χ4n) is 2.11. The molecule has 0 aliphatic rings. The van der Waals surface area contributed by atoms with Gasteiger partial charge in [0.25, 0.3) is 0 Å². The Morgan fingerprint density at radius 3 is 2.84 bits per heavy atom. The summed E-state index contributed by atoms with van der Waals surface area (Å²) < 4.78 is 5.05. The molecular formula is C15H27N3O. The highest BCUT2D eigenvalue weighted by Gasteiger charge is 2.15. The monoisotopic (exact) mass is 265 g/mol. The molecule has 0 aliphatic heterocycles. The third-order valence-corrected chi connectivity index (χ3v) is 3.40. The SMILES string of the molecule is CCC(C)N(CC)c1ncccc1CNCCOC. The van der Waals surface area contributed by atoms with Gasteiger partial charge < -0.3 is 15.0 Å². The molecule has 19 heavy (non-hydrogen) atoms. The van der Waals surface area contributed by atoms with Crippen molar-refractivity contribution >= 4 is 5.82 Å². The number of pyridine rings is 1. The molecule has 0 radical (unpaired) electrons. The van der Waals surface area contributed by atoms with Gasteiger partial charge >= 0.3 is 0 Å². The van der Waals surface area contributed by atoms with Gasteiger partial charge in [-0.05, 0) is 26.3 Å². The van der Waals surface area contributed by atoms with Crippen LogP contribution in [0.25, 0.3) is 0 Å². The first-order valence-electron chi connectivity index (χ1n) is 7.14. The van der Waals surface area contributed by atoms with Crippen LogP contribution in [0.4, 0.5) is 5.82 Å². The lowest BCUT2D eigenvalue weighted by Gasteiger charge is -2.30. The molecular weight excluding hydrogens is 238 g/mol. The van der Waals surface area contributed by atoms with E-state index >= 15 is 0 Å². The summed E-state index contributed by atoms with van der Waals surface area (Å²) in [5, 5.41) is 3.39. The summed E-state index contributed by atoms with van der Waals surface area (Å²) in [7, 11) is 1.72. The van der Waals surface area contributed by atoms with Gasteiger partial charge in [-0.2, -0.15) is 0 Å². The molecule has 1 aromatic rings. The van der Waals surface area contributed by atoms with Gasteiger partial charge in [0.2, 0.25) is 0 Å². The third kappa shape index (κ3) is 4.80. The Kier molecular flexibility index (Phi) is 7.45. The predicted molar refractivity (Wildman–Crippen MR) is 80.6 cm³/mol. The molecule has 4 heteroatoms. The van der Waals surface area contributed by atoms with Crippen molar-refractivity contribution in [2.24, 2.45) is 0 Å². The molecule has 0 aromatic carbocycles. The lowest BCUT2D eigenvalue weighted by molar-refractivity contribution is 0.199. The van der Waals surface area contributed by atoms with E-state index in [-0.39, 0.29) is 0 Å². The molecule has 0 aliphatic carbocycles. The molecule has 1 N–H and O–H groups in total. The van der Waals surface area contributed by atoms with Gasteiger partial charge in [0.1, 0.15) is 5.82 Å². The van der Waals surface area contributed by atoms with Crippen molar-refractivity contribution in [3.8, 4) is 0 Å². The average molecular weight is 265 g/mol. The van der Waals surface area contributed by atoms with E-state index in [1.54, 1.807) is 7.11 Å². The molecule has 0 bridgehead atoms. The lowest BCUT2D eigenvalue weighted by atomic mass is 10.1. The van der Waals surface area contributed by atoms with E-state index < -0.39 is 0 Å². The molecule has 1 aromatic heterocycles. The normalized spacial score (nSPS) is 12.4. The van der Waals surface area contributed by atoms with Crippen molar-refractivity contribution in [1.82, 2.24) is 10.3 Å². The molecule has 4 nitrogen and oxygen atoms in total. The summed E-state index contributed by atoms with van der Waals surface area (Å²) in [6.45, 7) is 10.1. The van der Waals surface area contributed by atoms with Crippen molar-refractivity contribution in [2.45, 2.75) is 39.8 Å². The standard InChI is InChI=1S/C15H27N3O/c1-5-13(3)18(6-2)15-14(8-7-9-17-15)12-16-10-11-19-4/h7-9,13,16H,5-6,10-12H2,1-4H3. The number of hydrogen-bond donors (Lipinski definition) is 1. The van der Waals surface area contributed by atoms with Gasteiger partial charge in [-0.15, -0.1) is 0 Å². The summed E-state index contributed by atoms with van der Waals surface area (Å²) in [4.78, 5) is 6.94. The fraction of sp³-hybridized carbons (Fsp3) is 0.667. The highest BCUT2D eigenvalue weighted by Crippen LogP contribution is 2.20. The van der Waals surface area contributed by atoms with E-state index in [9.17, 15) is 0 Å². The first-order valence-corrected chi connectivity index (χ1v) is 7.14. The highest BCUT2D eigenvalue weighted by atomic mass is 16.5. The van der Waals surface area contributed by atoms with Crippen LogP contribution in [0.1, 0.15) is 32.8 Å². The number of aromatic nitrogens is 1. The average Bonchev–Trinajstić information content (AvgIpc) is 2.45. The number of ether oxygens (including phenoxy) is 1. The van der Waals surface area contributed by atoms with Gasteiger partial charge in [0, 0.05) is 44.5 Å². The van der Waals surface area contributed by atoms with Crippen molar-refractivity contribution in [3.05, 3.63) is 23.9 Å². The molecule has 0 fully saturated rings. The second kappa shape index (κ2) is 8.88. The molecule has 0 spiro atoms. The molecule has 108 valence electrons. The van der Waals surface area contributed by atoms with Crippen LogP contribution in [-0.2, 0) is 11.3 Å². The van der Waals surface area contributed by atoms with Crippen LogP contribution < -0.4 is 10.2 Å². The summed E-state index contributed by atoms with van der Waals surface area (Å²) in [5.41, 5.74) is 1.25. The number of anilines is 1. The molecule has 1 heterocycles. The largest absolute Gasteiger partial charge is 0.383 e. The smallest absolute Gasteiger partial charge is 0.133 e. The minimum absolute atomic E-state index is 0.512. The Morgan fingerprint density at radius 1 is 1.42 bits per heavy atom. The van der Waals surface area contributed by atoms with Crippen LogP contribution >= 0.6 is 0 Å². The zero-order valence-corrected chi connectivity index (χ0v) is 12.6. The maximum atomic E-state index is 5.05. The third-order valence-electron chi connectivity index (χ3n) is 3.40. The lowest BCUT2D eigenvalue weighted by Crippen LogP contribution is -2.34. The van der Waals surface area contributed by atoms with Crippen LogP contribution in [0.3, 0.4) is 0 Å². The van der Waals surface area contributed by atoms with Gasteiger partial charge in [0.15, 0.2) is 0 Å². The van der Waals surface area contributed by atoms with E-state index in [4.69, 9.17) is 4.74 Å². The van der Waals surface area contributed by atoms with Crippen LogP contribution in [0.5, 0.6) is 0 Å². The molecule has 0 saturated heterocycles. The van der Waals surface area contributed by atoms with Gasteiger partial charge in [-0.3, -0.25) is 0 Å². The Morgan fingerprint density at radius 2 is 2.21 bits per heavy atom. The number of nitrogens with zero attached hydrogens (tertiary/aromatic N) is 2. The number of hydrogen-bond acceptors (Lipinski definition) is 4. The van der Waals surface area contributed by atoms with E-state index in [2.05, 4.69) is 42.0 Å². The predicted octanol–water partition coefficient (Wildman–Crippen LogP) is 2.44. The maximum absolute atomic E-state index is 5.05. The van der Waals surface area contributed by atoms with Crippen molar-refractivity contribution in [1.29, 1.82) is 0 Å². The molecule has 1 unspecified atom stereocenters. The van der Waals surface area contributed by atoms with Gasteiger partial charge in [-0.1, -0.05) is 13.0 Å². The number of nitrogens with one attached hydrogen (secondary N) is 1. The second-order valence-electron chi connectivity index (χ2n) is 4.70. The maximum Gasteiger partial charge on any atom is 0.133 e. The first kappa shape index (κ1) is 15.9. The van der Waals surface area contributed by atoms with Gasteiger partial charge in [-0.25, -0.2) is 4.98 Å². The van der Waals surface area contributed by atoms with E-state index in [0.717, 1.165) is 38.5 Å². The number of methoxy groups -OCH3 is 1. The van der Waals surface area contributed by atoms with Crippen LogP contribution in [-0.4, -0.2) is 37.8 Å². The Labute approximate surface area is 117 Å². The van der Waals surface area contributed by atoms with Crippen LogP contribution in [0.2, 0.25) is 0 Å². The minimum Gasteiger partial charge on any atom is -0.383 e. The van der Waals surface area contributed by atoms with E-state index in [1.165, 1.54) is 5.56 Å². The Bertz CT molecular complexity index is 357. The zero-order chi connectivity index (χ0) is 14.1. The topological polar surface area (TPSA) is 37.4 Å². The molecule has 0 saturated carbocycles. The fourth-order valence-corrected chi connectivity index (χ4v) is 2.11. The van der Waals surface area contributed by atoms with Crippen molar-refractivity contribution in [3.63, 3.8) is 0 Å². The van der Waals surface area contributed by atoms with Crippen LogP contribution in [0, 0.1) is 0 Å². The number of rotatable bonds is 9. The Hall–Kier alpha value is -1.13. The molecule has 1 atom stereocenters. The van der Waals surface area contributed by atoms with Gasteiger partial charge in [0.05, 0.1) is 6.61 Å².